The molecule has 1 aromatic heterocycles. The zero-order chi connectivity index (χ0) is 11.7. The first-order valence-corrected chi connectivity index (χ1v) is 6.64. The summed E-state index contributed by atoms with van der Waals surface area (Å²) in [5, 5.41) is 1.29. The lowest BCUT2D eigenvalue weighted by Gasteiger charge is -2.36. The molecule has 4 heteroatoms. The standard InChI is InChI=1S/C12H19N3S/c1-8-4-5-11(13)12(14-8)15-6-9(2)16-10(3)7-15/h4-5,9-10H,6-7,13H2,1-3H3. The van der Waals surface area contributed by atoms with Crippen LogP contribution in [0.5, 0.6) is 0 Å². The van der Waals surface area contributed by atoms with Crippen LogP contribution >= 0.6 is 11.8 Å². The predicted molar refractivity (Wildman–Crippen MR) is 72.1 cm³/mol. The molecule has 0 radical (unpaired) electrons. The Morgan fingerprint density at radius 3 is 2.56 bits per heavy atom. The fourth-order valence-electron chi connectivity index (χ4n) is 2.16. The van der Waals surface area contributed by atoms with E-state index in [0.717, 1.165) is 30.3 Å². The molecule has 2 rings (SSSR count). The molecule has 2 heterocycles. The highest BCUT2D eigenvalue weighted by atomic mass is 32.2. The van der Waals surface area contributed by atoms with Crippen LogP contribution in [-0.2, 0) is 0 Å². The number of nitrogens with two attached hydrogens (primary N) is 1. The third-order valence-corrected chi connectivity index (χ3v) is 3.99. The second kappa shape index (κ2) is 4.53. The van der Waals surface area contributed by atoms with Crippen molar-refractivity contribution in [3.8, 4) is 0 Å². The Bertz CT molecular complexity index is 371. The SMILES string of the molecule is Cc1ccc(N)c(N2CC(C)SC(C)C2)n1. The van der Waals surface area contributed by atoms with Crippen LogP contribution in [0.3, 0.4) is 0 Å². The zero-order valence-electron chi connectivity index (χ0n) is 10.1. The van der Waals surface area contributed by atoms with E-state index in [-0.39, 0.29) is 0 Å². The molecule has 0 aromatic carbocycles. The first kappa shape index (κ1) is 11.6. The summed E-state index contributed by atoms with van der Waals surface area (Å²) in [5.74, 6) is 0.957. The van der Waals surface area contributed by atoms with E-state index < -0.39 is 0 Å². The Hall–Kier alpha value is -0.900. The van der Waals surface area contributed by atoms with Crippen LogP contribution in [0.1, 0.15) is 19.5 Å². The number of aryl methyl sites for hydroxylation is 1. The van der Waals surface area contributed by atoms with Gasteiger partial charge in [0.15, 0.2) is 5.82 Å². The zero-order valence-corrected chi connectivity index (χ0v) is 10.9. The number of pyridine rings is 1. The van der Waals surface area contributed by atoms with Crippen LogP contribution in [0.2, 0.25) is 0 Å². The topological polar surface area (TPSA) is 42.1 Å². The van der Waals surface area contributed by atoms with Crippen LogP contribution in [-0.4, -0.2) is 28.6 Å². The van der Waals surface area contributed by atoms with E-state index in [1.807, 2.05) is 30.8 Å². The fraction of sp³-hybridized carbons (Fsp3) is 0.583. The third-order valence-electron chi connectivity index (χ3n) is 2.76. The molecule has 0 spiro atoms. The molecular weight excluding hydrogens is 218 g/mol. The number of anilines is 2. The van der Waals surface area contributed by atoms with Crippen molar-refractivity contribution in [1.82, 2.24) is 4.98 Å². The van der Waals surface area contributed by atoms with E-state index in [1.165, 1.54) is 0 Å². The van der Waals surface area contributed by atoms with Crippen LogP contribution in [0, 0.1) is 6.92 Å². The summed E-state index contributed by atoms with van der Waals surface area (Å²) in [6, 6.07) is 3.92. The Balaban J connectivity index is 2.25. The van der Waals surface area contributed by atoms with Gasteiger partial charge < -0.3 is 10.6 Å². The first-order valence-electron chi connectivity index (χ1n) is 5.70. The highest BCUT2D eigenvalue weighted by molar-refractivity contribution is 8.00. The lowest BCUT2D eigenvalue weighted by molar-refractivity contribution is 0.718. The molecule has 16 heavy (non-hydrogen) atoms. The van der Waals surface area contributed by atoms with Crippen molar-refractivity contribution in [3.05, 3.63) is 17.8 Å². The summed E-state index contributed by atoms with van der Waals surface area (Å²) >= 11 is 2.04. The maximum Gasteiger partial charge on any atom is 0.152 e. The molecule has 2 unspecified atom stereocenters. The predicted octanol–water partition coefficient (Wildman–Crippen LogP) is 2.30. The van der Waals surface area contributed by atoms with Crippen molar-refractivity contribution in [3.63, 3.8) is 0 Å². The minimum absolute atomic E-state index is 0.644. The molecule has 0 aliphatic carbocycles. The molecule has 1 aliphatic heterocycles. The largest absolute Gasteiger partial charge is 0.396 e. The summed E-state index contributed by atoms with van der Waals surface area (Å²) in [5.41, 5.74) is 7.82. The number of hydrogen-bond donors (Lipinski definition) is 1. The van der Waals surface area contributed by atoms with Crippen molar-refractivity contribution in [1.29, 1.82) is 0 Å². The molecular formula is C12H19N3S. The van der Waals surface area contributed by atoms with Crippen molar-refractivity contribution >= 4 is 23.3 Å². The second-order valence-electron chi connectivity index (χ2n) is 4.53. The lowest BCUT2D eigenvalue weighted by atomic mass is 10.2. The van der Waals surface area contributed by atoms with Crippen molar-refractivity contribution < 1.29 is 0 Å². The summed E-state index contributed by atoms with van der Waals surface area (Å²) in [6.07, 6.45) is 0. The molecule has 0 bridgehead atoms. The summed E-state index contributed by atoms with van der Waals surface area (Å²) in [4.78, 5) is 6.87. The number of nitrogen functional groups attached to an aromatic ring is 1. The number of aromatic nitrogens is 1. The number of rotatable bonds is 1. The average Bonchev–Trinajstić information content (AvgIpc) is 2.20. The summed E-state index contributed by atoms with van der Waals surface area (Å²) < 4.78 is 0. The lowest BCUT2D eigenvalue weighted by Crippen LogP contribution is -2.41. The Morgan fingerprint density at radius 1 is 1.31 bits per heavy atom. The van der Waals surface area contributed by atoms with Crippen LogP contribution in [0.25, 0.3) is 0 Å². The first-order chi connectivity index (χ1) is 7.56. The van der Waals surface area contributed by atoms with Gasteiger partial charge in [0.1, 0.15) is 0 Å². The van der Waals surface area contributed by atoms with E-state index in [1.54, 1.807) is 0 Å². The van der Waals surface area contributed by atoms with Gasteiger partial charge in [-0.25, -0.2) is 4.98 Å². The third kappa shape index (κ3) is 2.43. The van der Waals surface area contributed by atoms with Crippen LogP contribution in [0.15, 0.2) is 12.1 Å². The molecule has 1 fully saturated rings. The average molecular weight is 237 g/mol. The molecule has 0 amide bonds. The minimum atomic E-state index is 0.644. The van der Waals surface area contributed by atoms with E-state index in [2.05, 4.69) is 23.7 Å². The molecule has 2 atom stereocenters. The molecule has 3 nitrogen and oxygen atoms in total. The molecule has 2 N–H and O–H groups in total. The van der Waals surface area contributed by atoms with Gasteiger partial charge in [-0.05, 0) is 19.1 Å². The van der Waals surface area contributed by atoms with Crippen molar-refractivity contribution in [2.24, 2.45) is 0 Å². The highest BCUT2D eigenvalue weighted by Crippen LogP contribution is 2.30. The van der Waals surface area contributed by atoms with Gasteiger partial charge >= 0.3 is 0 Å². The Morgan fingerprint density at radius 2 is 1.94 bits per heavy atom. The Kier molecular flexibility index (Phi) is 3.28. The maximum atomic E-state index is 6.00. The van der Waals surface area contributed by atoms with E-state index in [4.69, 9.17) is 5.73 Å². The van der Waals surface area contributed by atoms with Crippen molar-refractivity contribution in [2.45, 2.75) is 31.3 Å². The normalized spacial score (nSPS) is 25.8. The smallest absolute Gasteiger partial charge is 0.152 e. The van der Waals surface area contributed by atoms with Gasteiger partial charge in [0.05, 0.1) is 5.69 Å². The minimum Gasteiger partial charge on any atom is -0.396 e. The highest BCUT2D eigenvalue weighted by Gasteiger charge is 2.24. The molecule has 0 saturated carbocycles. The van der Waals surface area contributed by atoms with Crippen LogP contribution in [0.4, 0.5) is 11.5 Å². The van der Waals surface area contributed by atoms with Gasteiger partial charge in [-0.3, -0.25) is 0 Å². The Labute approximate surface area is 101 Å². The number of hydrogen-bond acceptors (Lipinski definition) is 4. The molecule has 88 valence electrons. The quantitative estimate of drug-likeness (QED) is 0.814. The van der Waals surface area contributed by atoms with Gasteiger partial charge in [-0.1, -0.05) is 13.8 Å². The fourth-order valence-corrected chi connectivity index (χ4v) is 3.48. The maximum absolute atomic E-state index is 6.00. The van der Waals surface area contributed by atoms with Crippen LogP contribution < -0.4 is 10.6 Å². The van der Waals surface area contributed by atoms with Crippen molar-refractivity contribution in [2.75, 3.05) is 23.7 Å². The molecule has 1 aromatic rings. The summed E-state index contributed by atoms with van der Waals surface area (Å²) in [7, 11) is 0. The van der Waals surface area contributed by atoms with Gasteiger partial charge in [0.25, 0.3) is 0 Å². The number of nitrogens with zero attached hydrogens (tertiary/aromatic N) is 2. The number of thioether (sulfide) groups is 1. The molecule has 1 aliphatic rings. The summed E-state index contributed by atoms with van der Waals surface area (Å²) in [6.45, 7) is 8.61. The van der Waals surface area contributed by atoms with E-state index in [9.17, 15) is 0 Å². The monoisotopic (exact) mass is 237 g/mol. The van der Waals surface area contributed by atoms with Gasteiger partial charge in [0.2, 0.25) is 0 Å². The van der Waals surface area contributed by atoms with Gasteiger partial charge in [-0.15, -0.1) is 0 Å². The second-order valence-corrected chi connectivity index (χ2v) is 6.41. The van der Waals surface area contributed by atoms with Gasteiger partial charge in [-0.2, -0.15) is 11.8 Å². The van der Waals surface area contributed by atoms with Gasteiger partial charge in [0, 0.05) is 29.3 Å². The van der Waals surface area contributed by atoms with E-state index >= 15 is 0 Å². The van der Waals surface area contributed by atoms with E-state index in [0.29, 0.717) is 10.5 Å². The molecule has 1 saturated heterocycles.